The van der Waals surface area contributed by atoms with Crippen LogP contribution in [-0.2, 0) is 15.7 Å². The van der Waals surface area contributed by atoms with Crippen molar-refractivity contribution in [2.24, 2.45) is 0 Å². The van der Waals surface area contributed by atoms with Gasteiger partial charge in [-0.15, -0.1) is 16.4 Å². The zero-order valence-corrected chi connectivity index (χ0v) is 16.6. The number of ether oxygens (including phenoxy) is 1. The van der Waals surface area contributed by atoms with Gasteiger partial charge in [0, 0.05) is 13.0 Å². The molecule has 0 bridgehead atoms. The SMILES string of the molecule is COC(=O)CCCNC(=O)c1nc(-c2cccs2)n(-c2cccc(C(F)(F)F)c2)n1. The maximum Gasteiger partial charge on any atom is 0.416 e. The van der Waals surface area contributed by atoms with Crippen molar-refractivity contribution in [1.29, 1.82) is 0 Å². The van der Waals surface area contributed by atoms with E-state index >= 15 is 0 Å². The van der Waals surface area contributed by atoms with Gasteiger partial charge in [-0.2, -0.15) is 13.2 Å². The molecule has 158 valence electrons. The molecule has 0 fully saturated rings. The molecule has 0 atom stereocenters. The van der Waals surface area contributed by atoms with Gasteiger partial charge in [0.25, 0.3) is 5.91 Å². The number of hydrogen-bond donors (Lipinski definition) is 1. The molecule has 0 radical (unpaired) electrons. The first-order chi connectivity index (χ1) is 14.3. The largest absolute Gasteiger partial charge is 0.469 e. The normalized spacial score (nSPS) is 11.3. The molecule has 0 aliphatic carbocycles. The van der Waals surface area contributed by atoms with Crippen molar-refractivity contribution in [2.75, 3.05) is 13.7 Å². The lowest BCUT2D eigenvalue weighted by molar-refractivity contribution is -0.140. The van der Waals surface area contributed by atoms with Gasteiger partial charge in [-0.3, -0.25) is 9.59 Å². The van der Waals surface area contributed by atoms with Gasteiger partial charge in [0.2, 0.25) is 5.82 Å². The number of nitrogens with zero attached hydrogens (tertiary/aromatic N) is 3. The first kappa shape index (κ1) is 21.5. The minimum atomic E-state index is -4.51. The molecule has 0 saturated heterocycles. The van der Waals surface area contributed by atoms with Gasteiger partial charge in [0.15, 0.2) is 5.82 Å². The van der Waals surface area contributed by atoms with E-state index < -0.39 is 23.6 Å². The average Bonchev–Trinajstić information content (AvgIpc) is 3.40. The molecule has 3 aromatic rings. The molecule has 0 aliphatic heterocycles. The van der Waals surface area contributed by atoms with E-state index in [9.17, 15) is 22.8 Å². The van der Waals surface area contributed by atoms with Gasteiger partial charge in [-0.05, 0) is 36.1 Å². The van der Waals surface area contributed by atoms with Gasteiger partial charge in [-0.1, -0.05) is 12.1 Å². The molecule has 2 aromatic heterocycles. The summed E-state index contributed by atoms with van der Waals surface area (Å²) in [6.07, 6.45) is -4.01. The molecule has 11 heteroatoms. The fourth-order valence-electron chi connectivity index (χ4n) is 2.58. The lowest BCUT2D eigenvalue weighted by atomic mass is 10.2. The van der Waals surface area contributed by atoms with E-state index in [1.807, 2.05) is 0 Å². The van der Waals surface area contributed by atoms with Crippen molar-refractivity contribution in [2.45, 2.75) is 19.0 Å². The minimum Gasteiger partial charge on any atom is -0.469 e. The summed E-state index contributed by atoms with van der Waals surface area (Å²) in [4.78, 5) is 28.4. The fourth-order valence-corrected chi connectivity index (χ4v) is 3.28. The second kappa shape index (κ2) is 9.08. The van der Waals surface area contributed by atoms with E-state index in [2.05, 4.69) is 20.1 Å². The molecule has 0 saturated carbocycles. The standard InChI is InChI=1S/C19H17F3N4O3S/c1-29-15(27)8-3-9-23-18(28)16-24-17(14-7-4-10-30-14)26(25-16)13-6-2-5-12(11-13)19(20,21)22/h2,4-7,10-11H,3,8-9H2,1H3,(H,23,28). The van der Waals surface area contributed by atoms with E-state index in [0.29, 0.717) is 11.3 Å². The number of carbonyl (C=O) groups excluding carboxylic acids is 2. The van der Waals surface area contributed by atoms with Crippen LogP contribution in [-0.4, -0.2) is 40.3 Å². The van der Waals surface area contributed by atoms with Crippen molar-refractivity contribution >= 4 is 23.2 Å². The van der Waals surface area contributed by atoms with Crippen LogP contribution < -0.4 is 5.32 Å². The van der Waals surface area contributed by atoms with Crippen LogP contribution in [0.4, 0.5) is 13.2 Å². The van der Waals surface area contributed by atoms with E-state index in [1.54, 1.807) is 17.5 Å². The molecule has 2 heterocycles. The Bertz CT molecular complexity index is 1030. The summed E-state index contributed by atoms with van der Waals surface area (Å²) in [5.74, 6) is -0.919. The molecule has 0 spiro atoms. The van der Waals surface area contributed by atoms with E-state index in [1.165, 1.54) is 35.3 Å². The maximum absolute atomic E-state index is 13.1. The Kier molecular flexibility index (Phi) is 6.50. The number of carbonyl (C=O) groups is 2. The Morgan fingerprint density at radius 2 is 2.03 bits per heavy atom. The number of benzene rings is 1. The molecule has 0 unspecified atom stereocenters. The second-order valence-electron chi connectivity index (χ2n) is 6.13. The number of alkyl halides is 3. The third kappa shape index (κ3) is 5.03. The summed E-state index contributed by atoms with van der Waals surface area (Å²) in [6.45, 7) is 0.195. The van der Waals surface area contributed by atoms with Crippen LogP contribution in [0.25, 0.3) is 16.4 Å². The average molecular weight is 438 g/mol. The first-order valence-corrected chi connectivity index (χ1v) is 9.71. The van der Waals surface area contributed by atoms with Gasteiger partial charge in [-0.25, -0.2) is 9.67 Å². The van der Waals surface area contributed by atoms with Crippen LogP contribution in [0.15, 0.2) is 41.8 Å². The smallest absolute Gasteiger partial charge is 0.416 e. The molecule has 1 aromatic carbocycles. The molecule has 30 heavy (non-hydrogen) atoms. The number of amides is 1. The molecule has 7 nitrogen and oxygen atoms in total. The minimum absolute atomic E-state index is 0.130. The summed E-state index contributed by atoms with van der Waals surface area (Å²) >= 11 is 1.32. The number of halogens is 3. The van der Waals surface area contributed by atoms with Gasteiger partial charge in [0.1, 0.15) is 0 Å². The molecule has 0 aliphatic rings. The third-order valence-corrected chi connectivity index (χ3v) is 4.91. The monoisotopic (exact) mass is 438 g/mol. The Hall–Kier alpha value is -3.21. The van der Waals surface area contributed by atoms with Crippen molar-refractivity contribution < 1.29 is 27.5 Å². The molecule has 1 N–H and O–H groups in total. The van der Waals surface area contributed by atoms with Crippen LogP contribution in [0.3, 0.4) is 0 Å². The number of methoxy groups -OCH3 is 1. The number of esters is 1. The van der Waals surface area contributed by atoms with Crippen molar-refractivity contribution in [3.05, 3.63) is 53.2 Å². The highest BCUT2D eigenvalue weighted by Gasteiger charge is 2.31. The zero-order valence-electron chi connectivity index (χ0n) is 15.8. The van der Waals surface area contributed by atoms with Crippen LogP contribution >= 0.6 is 11.3 Å². The number of nitrogens with one attached hydrogen (secondary N) is 1. The highest BCUT2D eigenvalue weighted by molar-refractivity contribution is 7.13. The second-order valence-corrected chi connectivity index (χ2v) is 7.08. The molecule has 3 rings (SSSR count). The predicted molar refractivity (Wildman–Crippen MR) is 103 cm³/mol. The maximum atomic E-state index is 13.1. The van der Waals surface area contributed by atoms with Crippen molar-refractivity contribution in [3.63, 3.8) is 0 Å². The highest BCUT2D eigenvalue weighted by Crippen LogP contribution is 2.32. The van der Waals surface area contributed by atoms with Crippen molar-refractivity contribution in [3.8, 4) is 16.4 Å². The lowest BCUT2D eigenvalue weighted by Gasteiger charge is -2.09. The third-order valence-electron chi connectivity index (χ3n) is 4.04. The quantitative estimate of drug-likeness (QED) is 0.449. The van der Waals surface area contributed by atoms with Crippen molar-refractivity contribution in [1.82, 2.24) is 20.1 Å². The topological polar surface area (TPSA) is 86.1 Å². The lowest BCUT2D eigenvalue weighted by Crippen LogP contribution is -2.26. The fraction of sp³-hybridized carbons (Fsp3) is 0.263. The Balaban J connectivity index is 1.88. The summed E-state index contributed by atoms with van der Waals surface area (Å²) in [6, 6.07) is 8.13. The molecule has 1 amide bonds. The Morgan fingerprint density at radius 3 is 2.70 bits per heavy atom. The summed E-state index contributed by atoms with van der Waals surface area (Å²) in [5, 5.41) is 8.51. The molecular weight excluding hydrogens is 421 g/mol. The summed E-state index contributed by atoms with van der Waals surface area (Å²) < 4.78 is 45.1. The van der Waals surface area contributed by atoms with Crippen LogP contribution in [0.2, 0.25) is 0 Å². The van der Waals surface area contributed by atoms with Crippen LogP contribution in [0, 0.1) is 0 Å². The van der Waals surface area contributed by atoms with Crippen LogP contribution in [0.1, 0.15) is 29.0 Å². The summed E-state index contributed by atoms with van der Waals surface area (Å²) in [5.41, 5.74) is -0.702. The zero-order chi connectivity index (χ0) is 21.7. The van der Waals surface area contributed by atoms with E-state index in [0.717, 1.165) is 12.1 Å². The van der Waals surface area contributed by atoms with Gasteiger partial charge in [0.05, 0.1) is 23.2 Å². The number of rotatable bonds is 7. The Labute approximate surface area is 173 Å². The van der Waals surface area contributed by atoms with E-state index in [4.69, 9.17) is 0 Å². The number of aromatic nitrogens is 3. The highest BCUT2D eigenvalue weighted by atomic mass is 32.1. The Morgan fingerprint density at radius 1 is 1.23 bits per heavy atom. The number of hydrogen-bond acceptors (Lipinski definition) is 6. The van der Waals surface area contributed by atoms with Gasteiger partial charge < -0.3 is 10.1 Å². The van der Waals surface area contributed by atoms with E-state index in [-0.39, 0.29) is 30.3 Å². The van der Waals surface area contributed by atoms with Crippen LogP contribution in [0.5, 0.6) is 0 Å². The molecular formula is C19H17F3N4O3S. The first-order valence-electron chi connectivity index (χ1n) is 8.83. The summed E-state index contributed by atoms with van der Waals surface area (Å²) in [7, 11) is 1.28. The number of thiophene rings is 1. The van der Waals surface area contributed by atoms with Gasteiger partial charge >= 0.3 is 12.1 Å². The predicted octanol–water partition coefficient (Wildman–Crippen LogP) is 3.70.